The summed E-state index contributed by atoms with van der Waals surface area (Å²) in [6.45, 7) is 18.1. The molecule has 0 aliphatic carbocycles. The molecule has 0 saturated heterocycles. The Kier molecular flexibility index (Phi) is 9.75. The summed E-state index contributed by atoms with van der Waals surface area (Å²) < 4.78 is 16.5. The van der Waals surface area contributed by atoms with E-state index >= 15 is 0 Å². The maximum absolute atomic E-state index is 13.9. The van der Waals surface area contributed by atoms with Crippen LogP contribution in [0.15, 0.2) is 24.3 Å². The standard InChI is InChI=1S/C33H44N2O7/c1-11-32(7,8)30(38)35-18-24-16-25(42-33(9,10)31(39)40-12-2)14-13-23(24)17-27(35)29(37)34-26-15-19(3)28(41-22(6)36)21(5)20(26)4/h13-16,27H,11-12,17-18H2,1-10H3,(H,34,37)/t27-/m0/s1. The monoisotopic (exact) mass is 580 g/mol. The first-order valence-corrected chi connectivity index (χ1v) is 14.4. The summed E-state index contributed by atoms with van der Waals surface area (Å²) >= 11 is 0. The van der Waals surface area contributed by atoms with Crippen molar-refractivity contribution < 1.29 is 33.4 Å². The number of anilines is 1. The normalized spacial score (nSPS) is 15.0. The topological polar surface area (TPSA) is 111 Å². The van der Waals surface area contributed by atoms with E-state index in [0.29, 0.717) is 30.0 Å². The molecule has 1 atom stereocenters. The lowest BCUT2D eigenvalue weighted by atomic mass is 9.85. The number of amides is 2. The summed E-state index contributed by atoms with van der Waals surface area (Å²) in [6, 6.07) is 6.52. The number of benzene rings is 2. The van der Waals surface area contributed by atoms with E-state index in [0.717, 1.165) is 27.8 Å². The van der Waals surface area contributed by atoms with Crippen LogP contribution < -0.4 is 14.8 Å². The van der Waals surface area contributed by atoms with Crippen LogP contribution in [0.2, 0.25) is 0 Å². The van der Waals surface area contributed by atoms with Crippen molar-refractivity contribution in [2.24, 2.45) is 5.41 Å². The van der Waals surface area contributed by atoms with Crippen molar-refractivity contribution in [3.63, 3.8) is 0 Å². The zero-order valence-corrected chi connectivity index (χ0v) is 26.5. The summed E-state index contributed by atoms with van der Waals surface area (Å²) in [7, 11) is 0. The Labute approximate surface area is 248 Å². The van der Waals surface area contributed by atoms with Gasteiger partial charge in [-0.15, -0.1) is 0 Å². The number of esters is 2. The van der Waals surface area contributed by atoms with E-state index in [-0.39, 0.29) is 25.0 Å². The van der Waals surface area contributed by atoms with Crippen molar-refractivity contribution >= 4 is 29.4 Å². The molecule has 9 heteroatoms. The fraction of sp³-hybridized carbons (Fsp3) is 0.515. The Morgan fingerprint density at radius 1 is 0.976 bits per heavy atom. The first-order valence-electron chi connectivity index (χ1n) is 14.4. The molecule has 0 unspecified atom stereocenters. The smallest absolute Gasteiger partial charge is 0.349 e. The van der Waals surface area contributed by atoms with E-state index in [4.69, 9.17) is 14.2 Å². The Morgan fingerprint density at radius 3 is 2.24 bits per heavy atom. The quantitative estimate of drug-likeness (QED) is 0.304. The lowest BCUT2D eigenvalue weighted by molar-refractivity contribution is -0.158. The number of carbonyl (C=O) groups excluding carboxylic acids is 4. The van der Waals surface area contributed by atoms with Crippen molar-refractivity contribution in [3.05, 3.63) is 52.1 Å². The number of nitrogens with one attached hydrogen (secondary N) is 1. The number of ether oxygens (including phenoxy) is 3. The van der Waals surface area contributed by atoms with E-state index in [2.05, 4.69) is 5.32 Å². The Hall–Kier alpha value is -3.88. The number of rotatable bonds is 9. The number of hydrogen-bond acceptors (Lipinski definition) is 7. The van der Waals surface area contributed by atoms with Gasteiger partial charge in [-0.2, -0.15) is 0 Å². The van der Waals surface area contributed by atoms with Crippen LogP contribution in [0.1, 0.15) is 82.7 Å². The van der Waals surface area contributed by atoms with Crippen LogP contribution in [0.4, 0.5) is 5.69 Å². The predicted octanol–water partition coefficient (Wildman–Crippen LogP) is 5.59. The summed E-state index contributed by atoms with van der Waals surface area (Å²) in [5, 5.41) is 3.04. The van der Waals surface area contributed by atoms with Gasteiger partial charge in [-0.25, -0.2) is 4.79 Å². The third-order valence-electron chi connectivity index (χ3n) is 8.00. The first-order chi connectivity index (χ1) is 19.5. The van der Waals surface area contributed by atoms with Gasteiger partial charge in [0.05, 0.1) is 6.61 Å². The fourth-order valence-electron chi connectivity index (χ4n) is 4.96. The minimum absolute atomic E-state index is 0.122. The van der Waals surface area contributed by atoms with Gasteiger partial charge in [0, 0.05) is 31.0 Å². The molecule has 2 aromatic carbocycles. The average molecular weight is 581 g/mol. The second-order valence-corrected chi connectivity index (χ2v) is 12.1. The Morgan fingerprint density at radius 2 is 1.64 bits per heavy atom. The summed E-state index contributed by atoms with van der Waals surface area (Å²) in [6.07, 6.45) is 0.923. The molecular formula is C33H44N2O7. The van der Waals surface area contributed by atoms with Gasteiger partial charge in [-0.3, -0.25) is 14.4 Å². The number of hydrogen-bond donors (Lipinski definition) is 1. The van der Waals surface area contributed by atoms with Gasteiger partial charge in [-0.1, -0.05) is 26.8 Å². The average Bonchev–Trinajstić information content (AvgIpc) is 2.92. The van der Waals surface area contributed by atoms with E-state index < -0.39 is 29.0 Å². The SMILES string of the molecule is CCOC(=O)C(C)(C)Oc1ccc2c(c1)CN(C(=O)C(C)(C)CC)[C@H](C(=O)Nc1cc(C)c(OC(C)=O)c(C)c1C)C2. The lowest BCUT2D eigenvalue weighted by Crippen LogP contribution is -2.54. The highest BCUT2D eigenvalue weighted by Crippen LogP contribution is 2.35. The maximum atomic E-state index is 13.9. The highest BCUT2D eigenvalue weighted by Gasteiger charge is 2.40. The third kappa shape index (κ3) is 6.94. The van der Waals surface area contributed by atoms with Crippen molar-refractivity contribution in [2.45, 2.75) is 100 Å². The van der Waals surface area contributed by atoms with Gasteiger partial charge in [-0.05, 0) is 94.0 Å². The Balaban J connectivity index is 1.96. The molecule has 42 heavy (non-hydrogen) atoms. The highest BCUT2D eigenvalue weighted by atomic mass is 16.6. The molecule has 1 aliphatic heterocycles. The van der Waals surface area contributed by atoms with Crippen LogP contribution in [0.25, 0.3) is 0 Å². The molecular weight excluding hydrogens is 536 g/mol. The molecule has 9 nitrogen and oxygen atoms in total. The van der Waals surface area contributed by atoms with Gasteiger partial charge in [0.1, 0.15) is 17.5 Å². The summed E-state index contributed by atoms with van der Waals surface area (Å²) in [5.74, 6) is -0.344. The summed E-state index contributed by atoms with van der Waals surface area (Å²) in [5.41, 5.74) is 2.76. The zero-order chi connectivity index (χ0) is 31.6. The van der Waals surface area contributed by atoms with E-state index in [1.165, 1.54) is 6.92 Å². The van der Waals surface area contributed by atoms with Crippen LogP contribution in [-0.2, 0) is 36.9 Å². The molecule has 0 aromatic heterocycles. The number of carbonyl (C=O) groups is 4. The van der Waals surface area contributed by atoms with Crippen LogP contribution in [0.3, 0.4) is 0 Å². The fourth-order valence-corrected chi connectivity index (χ4v) is 4.96. The second-order valence-electron chi connectivity index (χ2n) is 12.1. The van der Waals surface area contributed by atoms with Crippen molar-refractivity contribution in [1.29, 1.82) is 0 Å². The third-order valence-corrected chi connectivity index (χ3v) is 8.00. The second kappa shape index (κ2) is 12.5. The number of nitrogens with zero attached hydrogens (tertiary/aromatic N) is 1. The van der Waals surface area contributed by atoms with Crippen molar-refractivity contribution in [3.8, 4) is 11.5 Å². The molecule has 1 aliphatic rings. The minimum Gasteiger partial charge on any atom is -0.476 e. The minimum atomic E-state index is -1.19. The zero-order valence-electron chi connectivity index (χ0n) is 26.5. The van der Waals surface area contributed by atoms with Gasteiger partial charge in [0.15, 0.2) is 5.60 Å². The van der Waals surface area contributed by atoms with Crippen LogP contribution in [-0.4, -0.2) is 46.9 Å². The van der Waals surface area contributed by atoms with Crippen LogP contribution in [0, 0.1) is 26.2 Å². The van der Waals surface area contributed by atoms with E-state index in [1.807, 2.05) is 53.7 Å². The number of aryl methyl sites for hydroxylation is 1. The molecule has 1 N–H and O–H groups in total. The Bertz CT molecular complexity index is 1390. The summed E-state index contributed by atoms with van der Waals surface area (Å²) in [4.78, 5) is 53.3. The molecule has 0 bridgehead atoms. The van der Waals surface area contributed by atoms with Gasteiger partial charge >= 0.3 is 11.9 Å². The molecule has 0 radical (unpaired) electrons. The molecule has 1 heterocycles. The van der Waals surface area contributed by atoms with Gasteiger partial charge in [0.2, 0.25) is 11.8 Å². The highest BCUT2D eigenvalue weighted by molar-refractivity contribution is 5.99. The predicted molar refractivity (Wildman–Crippen MR) is 160 cm³/mol. The van der Waals surface area contributed by atoms with Crippen LogP contribution in [0.5, 0.6) is 11.5 Å². The number of fused-ring (bicyclic) bond motifs is 1. The van der Waals surface area contributed by atoms with Gasteiger partial charge < -0.3 is 24.4 Å². The van der Waals surface area contributed by atoms with E-state index in [1.54, 1.807) is 37.8 Å². The molecule has 228 valence electrons. The molecule has 2 amide bonds. The molecule has 3 rings (SSSR count). The van der Waals surface area contributed by atoms with Crippen molar-refractivity contribution in [1.82, 2.24) is 4.90 Å². The largest absolute Gasteiger partial charge is 0.476 e. The van der Waals surface area contributed by atoms with Crippen LogP contribution >= 0.6 is 0 Å². The van der Waals surface area contributed by atoms with E-state index in [9.17, 15) is 19.2 Å². The molecule has 0 spiro atoms. The van der Waals surface area contributed by atoms with Gasteiger partial charge in [0.25, 0.3) is 0 Å². The molecule has 0 saturated carbocycles. The maximum Gasteiger partial charge on any atom is 0.349 e. The van der Waals surface area contributed by atoms with Crippen molar-refractivity contribution in [2.75, 3.05) is 11.9 Å². The first kappa shape index (κ1) is 32.6. The molecule has 0 fully saturated rings. The lowest BCUT2D eigenvalue weighted by Gasteiger charge is -2.40. The molecule has 2 aromatic rings.